The Bertz CT molecular complexity index is 648. The topological polar surface area (TPSA) is 116 Å². The van der Waals surface area contributed by atoms with Crippen molar-refractivity contribution in [3.8, 4) is 11.8 Å². The molecule has 0 bridgehead atoms. The molecule has 8 heteroatoms. The van der Waals surface area contributed by atoms with Crippen LogP contribution in [0, 0.1) is 17.0 Å². The van der Waals surface area contributed by atoms with Crippen LogP contribution in [0.1, 0.15) is 16.1 Å². The first-order chi connectivity index (χ1) is 8.99. The number of rotatable bonds is 4. The number of hydrogen-bond acceptors (Lipinski definition) is 6. The first-order valence-corrected chi connectivity index (χ1v) is 5.09. The smallest absolute Gasteiger partial charge is 0.400 e. The lowest BCUT2D eigenvalue weighted by Crippen LogP contribution is -1.98. The van der Waals surface area contributed by atoms with Gasteiger partial charge >= 0.3 is 17.7 Å². The van der Waals surface area contributed by atoms with Crippen molar-refractivity contribution in [1.29, 1.82) is 0 Å². The fraction of sp³-hybridized carbons (Fsp3) is 0.0909. The maximum absolute atomic E-state index is 10.9. The molecule has 0 amide bonds. The molecule has 0 spiro atoms. The fourth-order valence-electron chi connectivity index (χ4n) is 1.44. The van der Waals surface area contributed by atoms with Gasteiger partial charge in [0.25, 0.3) is 0 Å². The van der Waals surface area contributed by atoms with Gasteiger partial charge in [-0.05, 0) is 13.0 Å². The molecule has 1 aromatic carbocycles. The summed E-state index contributed by atoms with van der Waals surface area (Å²) < 4.78 is 9.87. The standard InChI is InChI=1S/C11H8N2O6/c1-6-3-2-4-8(9(6)13(16)17)19-11-12-7(5-18-11)10(14)15/h2-5H,1H3,(H,14,15). The second-order valence-electron chi connectivity index (χ2n) is 3.58. The molecule has 0 aliphatic carbocycles. The maximum Gasteiger partial charge on any atom is 0.400 e. The lowest BCUT2D eigenvalue weighted by Gasteiger charge is -2.03. The largest absolute Gasteiger partial charge is 0.476 e. The Balaban J connectivity index is 2.35. The van der Waals surface area contributed by atoms with E-state index < -0.39 is 10.9 Å². The van der Waals surface area contributed by atoms with Gasteiger partial charge in [-0.25, -0.2) is 4.79 Å². The number of carboxylic acid groups (broad SMARTS) is 1. The van der Waals surface area contributed by atoms with Crippen LogP contribution in [-0.4, -0.2) is 21.0 Å². The first kappa shape index (κ1) is 12.6. The second-order valence-corrected chi connectivity index (χ2v) is 3.58. The summed E-state index contributed by atoms with van der Waals surface area (Å²) in [5.41, 5.74) is -0.157. The van der Waals surface area contributed by atoms with E-state index in [0.717, 1.165) is 6.26 Å². The maximum atomic E-state index is 10.9. The van der Waals surface area contributed by atoms with Gasteiger partial charge in [-0.3, -0.25) is 10.1 Å². The number of para-hydroxylation sites is 1. The normalized spacial score (nSPS) is 10.2. The van der Waals surface area contributed by atoms with Gasteiger partial charge in [-0.15, -0.1) is 0 Å². The average molecular weight is 264 g/mol. The zero-order valence-corrected chi connectivity index (χ0v) is 9.69. The summed E-state index contributed by atoms with van der Waals surface area (Å²) in [5, 5.41) is 19.6. The summed E-state index contributed by atoms with van der Waals surface area (Å²) in [4.78, 5) is 24.5. The fourth-order valence-corrected chi connectivity index (χ4v) is 1.44. The number of aromatic nitrogens is 1. The summed E-state index contributed by atoms with van der Waals surface area (Å²) >= 11 is 0. The third kappa shape index (κ3) is 2.51. The van der Waals surface area contributed by atoms with E-state index in [0.29, 0.717) is 5.56 Å². The van der Waals surface area contributed by atoms with Crippen LogP contribution in [0.2, 0.25) is 0 Å². The number of aromatic carboxylic acids is 1. The Morgan fingerprint density at radius 2 is 2.26 bits per heavy atom. The van der Waals surface area contributed by atoms with Gasteiger partial charge in [-0.1, -0.05) is 12.1 Å². The number of nitro benzene ring substituents is 1. The van der Waals surface area contributed by atoms with Crippen molar-refractivity contribution in [3.05, 3.63) is 45.8 Å². The van der Waals surface area contributed by atoms with E-state index in [1.54, 1.807) is 19.1 Å². The Labute approximate surface area is 106 Å². The number of carbonyl (C=O) groups is 1. The molecule has 19 heavy (non-hydrogen) atoms. The molecular weight excluding hydrogens is 256 g/mol. The molecule has 0 saturated carbocycles. The Morgan fingerprint density at radius 1 is 1.53 bits per heavy atom. The molecule has 2 rings (SSSR count). The van der Waals surface area contributed by atoms with Crippen molar-refractivity contribution < 1.29 is 24.0 Å². The molecule has 98 valence electrons. The van der Waals surface area contributed by atoms with Crippen molar-refractivity contribution in [2.75, 3.05) is 0 Å². The van der Waals surface area contributed by atoms with E-state index in [1.165, 1.54) is 6.07 Å². The van der Waals surface area contributed by atoms with Gasteiger partial charge in [0, 0.05) is 5.56 Å². The molecule has 1 aromatic heterocycles. The lowest BCUT2D eigenvalue weighted by molar-refractivity contribution is -0.386. The number of nitro groups is 1. The molecule has 1 heterocycles. The SMILES string of the molecule is Cc1cccc(Oc2nc(C(=O)O)co2)c1[N+](=O)[O-]. The Morgan fingerprint density at radius 3 is 2.84 bits per heavy atom. The lowest BCUT2D eigenvalue weighted by atomic mass is 10.2. The predicted molar refractivity (Wildman–Crippen MR) is 61.4 cm³/mol. The average Bonchev–Trinajstić information content (AvgIpc) is 2.77. The minimum atomic E-state index is -1.28. The van der Waals surface area contributed by atoms with Crippen LogP contribution in [-0.2, 0) is 0 Å². The van der Waals surface area contributed by atoms with E-state index in [4.69, 9.17) is 14.3 Å². The molecular formula is C11H8N2O6. The van der Waals surface area contributed by atoms with Crippen molar-refractivity contribution in [1.82, 2.24) is 4.98 Å². The van der Waals surface area contributed by atoms with Gasteiger partial charge < -0.3 is 14.3 Å². The van der Waals surface area contributed by atoms with Crippen LogP contribution in [0.4, 0.5) is 5.69 Å². The van der Waals surface area contributed by atoms with Crippen molar-refractivity contribution in [2.24, 2.45) is 0 Å². The Kier molecular flexibility index (Phi) is 3.15. The van der Waals surface area contributed by atoms with Crippen LogP contribution in [0.3, 0.4) is 0 Å². The highest BCUT2D eigenvalue weighted by Gasteiger charge is 2.21. The first-order valence-electron chi connectivity index (χ1n) is 5.09. The van der Waals surface area contributed by atoms with Crippen LogP contribution in [0.15, 0.2) is 28.9 Å². The van der Waals surface area contributed by atoms with E-state index in [-0.39, 0.29) is 23.2 Å². The number of benzene rings is 1. The molecule has 0 fully saturated rings. The molecule has 0 aliphatic heterocycles. The van der Waals surface area contributed by atoms with Gasteiger partial charge in [0.05, 0.1) is 4.92 Å². The van der Waals surface area contributed by atoms with Crippen LogP contribution >= 0.6 is 0 Å². The van der Waals surface area contributed by atoms with Gasteiger partial charge in [-0.2, -0.15) is 4.98 Å². The molecule has 8 nitrogen and oxygen atoms in total. The number of nitrogens with zero attached hydrogens (tertiary/aromatic N) is 2. The number of carboxylic acids is 1. The van der Waals surface area contributed by atoms with E-state index in [9.17, 15) is 14.9 Å². The highest BCUT2D eigenvalue weighted by atomic mass is 16.6. The molecule has 0 atom stereocenters. The Hall–Kier alpha value is -2.90. The third-order valence-corrected chi connectivity index (χ3v) is 2.28. The van der Waals surface area contributed by atoms with Gasteiger partial charge in [0.1, 0.15) is 6.26 Å². The number of aryl methyl sites for hydroxylation is 1. The summed E-state index contributed by atoms with van der Waals surface area (Å²) in [6, 6.07) is 4.50. The van der Waals surface area contributed by atoms with E-state index in [1.807, 2.05) is 0 Å². The highest BCUT2D eigenvalue weighted by Crippen LogP contribution is 2.33. The molecule has 0 unspecified atom stereocenters. The number of hydrogen-bond donors (Lipinski definition) is 1. The second kappa shape index (κ2) is 4.77. The molecule has 0 radical (unpaired) electrons. The van der Waals surface area contributed by atoms with Crippen molar-refractivity contribution >= 4 is 11.7 Å². The molecule has 1 N–H and O–H groups in total. The molecule has 0 saturated heterocycles. The predicted octanol–water partition coefficient (Wildman–Crippen LogP) is 2.38. The summed E-state index contributed by atoms with van der Waals surface area (Å²) in [6.07, 6.45) is 0.519. The summed E-state index contributed by atoms with van der Waals surface area (Å²) in [5.74, 6) is -1.35. The highest BCUT2D eigenvalue weighted by molar-refractivity contribution is 5.84. The minimum absolute atomic E-state index is 0.0659. The zero-order chi connectivity index (χ0) is 14.0. The van der Waals surface area contributed by atoms with Crippen molar-refractivity contribution in [3.63, 3.8) is 0 Å². The van der Waals surface area contributed by atoms with Gasteiger partial charge in [0.2, 0.25) is 5.75 Å². The molecule has 2 aromatic rings. The minimum Gasteiger partial charge on any atom is -0.476 e. The summed E-state index contributed by atoms with van der Waals surface area (Å²) in [7, 11) is 0. The van der Waals surface area contributed by atoms with Gasteiger partial charge in [0.15, 0.2) is 5.69 Å². The van der Waals surface area contributed by atoms with Crippen molar-refractivity contribution in [2.45, 2.75) is 6.92 Å². The van der Waals surface area contributed by atoms with Crippen LogP contribution in [0.5, 0.6) is 11.8 Å². The number of ether oxygens (including phenoxy) is 1. The number of oxazole rings is 1. The van der Waals surface area contributed by atoms with Crippen LogP contribution < -0.4 is 4.74 Å². The molecule has 0 aliphatic rings. The van der Waals surface area contributed by atoms with E-state index in [2.05, 4.69) is 4.98 Å². The summed E-state index contributed by atoms with van der Waals surface area (Å²) in [6.45, 7) is 1.56. The monoisotopic (exact) mass is 264 g/mol. The zero-order valence-electron chi connectivity index (χ0n) is 9.69. The van der Waals surface area contributed by atoms with E-state index >= 15 is 0 Å². The quantitative estimate of drug-likeness (QED) is 0.665. The third-order valence-electron chi connectivity index (χ3n) is 2.28. The van der Waals surface area contributed by atoms with Crippen LogP contribution in [0.25, 0.3) is 0 Å².